The van der Waals surface area contributed by atoms with Crippen LogP contribution < -0.4 is 5.32 Å². The highest BCUT2D eigenvalue weighted by Crippen LogP contribution is 2.30. The third kappa shape index (κ3) is 3.11. The Morgan fingerprint density at radius 3 is 2.42 bits per heavy atom. The van der Waals surface area contributed by atoms with Gasteiger partial charge in [-0.3, -0.25) is 0 Å². The molecule has 2 heteroatoms. The van der Waals surface area contributed by atoms with E-state index in [4.69, 9.17) is 0 Å². The van der Waals surface area contributed by atoms with Crippen molar-refractivity contribution in [3.05, 3.63) is 28.8 Å². The van der Waals surface area contributed by atoms with E-state index in [1.165, 1.54) is 55.2 Å². The van der Waals surface area contributed by atoms with E-state index in [1.807, 2.05) is 0 Å². The number of aryl methyl sites for hydroxylation is 2. The first-order chi connectivity index (χ1) is 9.33. The highest BCUT2D eigenvalue weighted by Gasteiger charge is 2.17. The molecule has 2 N–H and O–H groups in total. The van der Waals surface area contributed by atoms with E-state index < -0.39 is 0 Å². The van der Waals surface area contributed by atoms with Crippen LogP contribution >= 0.6 is 0 Å². The van der Waals surface area contributed by atoms with Gasteiger partial charge in [0, 0.05) is 0 Å². The smallest absolute Gasteiger partial charge is 0.119 e. The number of hydrogen-bond donors (Lipinski definition) is 2. The standard InChI is InChI=1S/C17H25NO/c19-17-12-15-5-3-1-2-4-14(15)11-16(17)10-13-6-8-18-9-7-13/h11-13,18-19H,1-10H2. The molecule has 0 radical (unpaired) electrons. The number of fused-ring (bicyclic) bond motifs is 1. The minimum atomic E-state index is 0.541. The maximum absolute atomic E-state index is 10.3. The van der Waals surface area contributed by atoms with E-state index in [9.17, 15) is 5.11 Å². The van der Waals surface area contributed by atoms with Crippen LogP contribution in [0.25, 0.3) is 0 Å². The fourth-order valence-electron chi connectivity index (χ4n) is 3.56. The lowest BCUT2D eigenvalue weighted by Crippen LogP contribution is -2.28. The Hall–Kier alpha value is -1.02. The first kappa shape index (κ1) is 13.0. The normalized spacial score (nSPS) is 20.8. The molecular weight excluding hydrogens is 234 g/mol. The molecule has 3 rings (SSSR count). The summed E-state index contributed by atoms with van der Waals surface area (Å²) >= 11 is 0. The third-order valence-electron chi connectivity index (χ3n) is 4.76. The second kappa shape index (κ2) is 5.96. The first-order valence-electron chi connectivity index (χ1n) is 7.87. The lowest BCUT2D eigenvalue weighted by molar-refractivity contribution is 0.366. The Morgan fingerprint density at radius 2 is 1.68 bits per heavy atom. The summed E-state index contributed by atoms with van der Waals surface area (Å²) in [7, 11) is 0. The van der Waals surface area contributed by atoms with Crippen LogP contribution in [-0.4, -0.2) is 18.2 Å². The van der Waals surface area contributed by atoms with Crippen molar-refractivity contribution < 1.29 is 5.11 Å². The lowest BCUT2D eigenvalue weighted by atomic mass is 9.88. The number of phenolic OH excluding ortho intramolecular Hbond substituents is 1. The fraction of sp³-hybridized carbons (Fsp3) is 0.647. The number of phenols is 1. The van der Waals surface area contributed by atoms with Gasteiger partial charge < -0.3 is 10.4 Å². The van der Waals surface area contributed by atoms with Gasteiger partial charge in [0.05, 0.1) is 0 Å². The van der Waals surface area contributed by atoms with E-state index >= 15 is 0 Å². The van der Waals surface area contributed by atoms with E-state index in [0.29, 0.717) is 5.75 Å². The van der Waals surface area contributed by atoms with Crippen molar-refractivity contribution in [1.29, 1.82) is 0 Å². The van der Waals surface area contributed by atoms with Gasteiger partial charge in [0.1, 0.15) is 5.75 Å². The second-order valence-corrected chi connectivity index (χ2v) is 6.21. The van der Waals surface area contributed by atoms with Gasteiger partial charge in [-0.25, -0.2) is 0 Å². The molecule has 1 fully saturated rings. The Morgan fingerprint density at radius 1 is 1.00 bits per heavy atom. The molecule has 1 aromatic rings. The van der Waals surface area contributed by atoms with Crippen LogP contribution in [0.5, 0.6) is 5.75 Å². The third-order valence-corrected chi connectivity index (χ3v) is 4.76. The molecule has 1 aliphatic heterocycles. The molecule has 0 unspecified atom stereocenters. The first-order valence-corrected chi connectivity index (χ1v) is 7.87. The van der Waals surface area contributed by atoms with Crippen LogP contribution in [0.2, 0.25) is 0 Å². The van der Waals surface area contributed by atoms with Crippen molar-refractivity contribution >= 4 is 0 Å². The van der Waals surface area contributed by atoms with Crippen molar-refractivity contribution in [2.24, 2.45) is 5.92 Å². The Labute approximate surface area is 116 Å². The predicted octanol–water partition coefficient (Wildman–Crippen LogP) is 3.20. The Bertz CT molecular complexity index is 435. The average molecular weight is 259 g/mol. The van der Waals surface area contributed by atoms with Gasteiger partial charge in [0.25, 0.3) is 0 Å². The highest BCUT2D eigenvalue weighted by atomic mass is 16.3. The summed E-state index contributed by atoms with van der Waals surface area (Å²) in [6, 6.07) is 4.36. The minimum Gasteiger partial charge on any atom is -0.508 e. The molecule has 1 saturated heterocycles. The van der Waals surface area contributed by atoms with Gasteiger partial charge in [-0.15, -0.1) is 0 Å². The molecule has 2 aliphatic rings. The van der Waals surface area contributed by atoms with Crippen molar-refractivity contribution in [2.45, 2.75) is 51.4 Å². The molecule has 0 bridgehead atoms. The summed E-state index contributed by atoms with van der Waals surface area (Å²) in [4.78, 5) is 0. The SMILES string of the molecule is Oc1cc2c(cc1CC1CCNCC1)CCCCC2. The summed E-state index contributed by atoms with van der Waals surface area (Å²) in [5, 5.41) is 13.7. The molecule has 0 spiro atoms. The van der Waals surface area contributed by atoms with Gasteiger partial charge in [0.2, 0.25) is 0 Å². The summed E-state index contributed by atoms with van der Waals surface area (Å²) in [6.45, 7) is 2.27. The van der Waals surface area contributed by atoms with Gasteiger partial charge in [0.15, 0.2) is 0 Å². The van der Waals surface area contributed by atoms with Crippen molar-refractivity contribution in [3.8, 4) is 5.75 Å². The summed E-state index contributed by atoms with van der Waals surface area (Å²) in [5.41, 5.74) is 4.08. The van der Waals surface area contributed by atoms with Gasteiger partial charge >= 0.3 is 0 Å². The van der Waals surface area contributed by atoms with E-state index in [1.54, 1.807) is 0 Å². The topological polar surface area (TPSA) is 32.3 Å². The molecule has 104 valence electrons. The van der Waals surface area contributed by atoms with Crippen LogP contribution in [0.15, 0.2) is 12.1 Å². The average Bonchev–Trinajstić information content (AvgIpc) is 2.65. The molecule has 1 aromatic carbocycles. The zero-order chi connectivity index (χ0) is 13.1. The quantitative estimate of drug-likeness (QED) is 0.799. The van der Waals surface area contributed by atoms with E-state index in [-0.39, 0.29) is 0 Å². The van der Waals surface area contributed by atoms with Crippen LogP contribution in [-0.2, 0) is 19.3 Å². The Kier molecular flexibility index (Phi) is 4.07. The number of benzene rings is 1. The molecular formula is C17H25NO. The summed E-state index contributed by atoms with van der Waals surface area (Å²) < 4.78 is 0. The minimum absolute atomic E-state index is 0.541. The second-order valence-electron chi connectivity index (χ2n) is 6.21. The number of hydrogen-bond acceptors (Lipinski definition) is 2. The van der Waals surface area contributed by atoms with Crippen LogP contribution in [0.3, 0.4) is 0 Å². The zero-order valence-corrected chi connectivity index (χ0v) is 11.8. The van der Waals surface area contributed by atoms with Crippen molar-refractivity contribution in [1.82, 2.24) is 5.32 Å². The fourth-order valence-corrected chi connectivity index (χ4v) is 3.56. The predicted molar refractivity (Wildman–Crippen MR) is 78.7 cm³/mol. The zero-order valence-electron chi connectivity index (χ0n) is 11.8. The number of rotatable bonds is 2. The maximum atomic E-state index is 10.3. The largest absolute Gasteiger partial charge is 0.508 e. The van der Waals surface area contributed by atoms with E-state index in [2.05, 4.69) is 17.4 Å². The van der Waals surface area contributed by atoms with E-state index in [0.717, 1.165) is 31.8 Å². The van der Waals surface area contributed by atoms with Crippen molar-refractivity contribution in [2.75, 3.05) is 13.1 Å². The van der Waals surface area contributed by atoms with Crippen LogP contribution in [0, 0.1) is 5.92 Å². The van der Waals surface area contributed by atoms with Gasteiger partial charge in [-0.2, -0.15) is 0 Å². The molecule has 1 aliphatic carbocycles. The van der Waals surface area contributed by atoms with Crippen LogP contribution in [0.1, 0.15) is 48.8 Å². The molecule has 0 amide bonds. The molecule has 2 nitrogen and oxygen atoms in total. The van der Waals surface area contributed by atoms with Crippen LogP contribution in [0.4, 0.5) is 0 Å². The van der Waals surface area contributed by atoms with Gasteiger partial charge in [-0.05, 0) is 86.7 Å². The molecule has 1 heterocycles. The Balaban J connectivity index is 1.78. The maximum Gasteiger partial charge on any atom is 0.119 e. The summed E-state index contributed by atoms with van der Waals surface area (Å²) in [6.07, 6.45) is 9.82. The molecule has 0 saturated carbocycles. The molecule has 0 aromatic heterocycles. The molecule has 0 atom stereocenters. The van der Waals surface area contributed by atoms with Crippen molar-refractivity contribution in [3.63, 3.8) is 0 Å². The number of piperidine rings is 1. The molecule has 19 heavy (non-hydrogen) atoms. The summed E-state index contributed by atoms with van der Waals surface area (Å²) in [5.74, 6) is 1.29. The monoisotopic (exact) mass is 259 g/mol. The number of aromatic hydroxyl groups is 1. The lowest BCUT2D eigenvalue weighted by Gasteiger charge is -2.23. The number of nitrogens with one attached hydrogen (secondary N) is 1. The van der Waals surface area contributed by atoms with Gasteiger partial charge in [-0.1, -0.05) is 12.5 Å². The highest BCUT2D eigenvalue weighted by molar-refractivity contribution is 5.43.